The molecule has 1 unspecified atom stereocenters. The summed E-state index contributed by atoms with van der Waals surface area (Å²) in [6, 6.07) is 7.21. The molecular formula is C12H13NO2. The van der Waals surface area contributed by atoms with Crippen LogP contribution >= 0.6 is 0 Å². The second-order valence-electron chi connectivity index (χ2n) is 4.08. The minimum atomic E-state index is -0.429. The highest BCUT2D eigenvalue weighted by molar-refractivity contribution is 5.90. The van der Waals surface area contributed by atoms with Crippen LogP contribution in [0.2, 0.25) is 0 Å². The van der Waals surface area contributed by atoms with Crippen molar-refractivity contribution in [3.8, 4) is 0 Å². The van der Waals surface area contributed by atoms with Gasteiger partial charge in [-0.2, -0.15) is 0 Å². The van der Waals surface area contributed by atoms with Gasteiger partial charge in [0.2, 0.25) is 5.91 Å². The highest BCUT2D eigenvalue weighted by atomic mass is 16.2. The number of carbonyl (C=O) groups excluding carboxylic acids is 2. The highest BCUT2D eigenvalue weighted by Crippen LogP contribution is 2.31. The normalized spacial score (nSPS) is 25.0. The van der Waals surface area contributed by atoms with E-state index in [1.807, 2.05) is 19.1 Å². The van der Waals surface area contributed by atoms with Crippen molar-refractivity contribution < 1.29 is 9.59 Å². The van der Waals surface area contributed by atoms with Crippen LogP contribution in [0.15, 0.2) is 24.3 Å². The van der Waals surface area contributed by atoms with Crippen LogP contribution in [0, 0.1) is 0 Å². The number of nitrogens with one attached hydrogen (secondary N) is 1. The molecule has 1 aliphatic heterocycles. The summed E-state index contributed by atoms with van der Waals surface area (Å²) in [5.74, 6) is 0.0707. The lowest BCUT2D eigenvalue weighted by Gasteiger charge is -2.20. The Labute approximate surface area is 88.5 Å². The number of amides is 1. The maximum atomic E-state index is 11.7. The zero-order valence-electron chi connectivity index (χ0n) is 8.62. The van der Waals surface area contributed by atoms with Crippen molar-refractivity contribution in [2.75, 3.05) is 6.54 Å². The van der Waals surface area contributed by atoms with Crippen LogP contribution in [-0.4, -0.2) is 18.7 Å². The molecule has 1 fully saturated rings. The Morgan fingerprint density at radius 3 is 2.47 bits per heavy atom. The summed E-state index contributed by atoms with van der Waals surface area (Å²) in [5.41, 5.74) is 1.19. The van der Waals surface area contributed by atoms with Crippen molar-refractivity contribution in [2.24, 2.45) is 0 Å². The van der Waals surface area contributed by atoms with Gasteiger partial charge in [-0.3, -0.25) is 9.59 Å². The molecular weight excluding hydrogens is 190 g/mol. The van der Waals surface area contributed by atoms with Gasteiger partial charge in [0.15, 0.2) is 0 Å². The number of hydrogen-bond donors (Lipinski definition) is 1. The Kier molecular flexibility index (Phi) is 2.31. The smallest absolute Gasteiger partial charge is 0.230 e. The topological polar surface area (TPSA) is 46.2 Å². The molecule has 0 radical (unpaired) electrons. The Bertz CT molecular complexity index is 397. The third-order valence-corrected chi connectivity index (χ3v) is 3.10. The first kappa shape index (κ1) is 9.90. The predicted octanol–water partition coefficient (Wildman–Crippen LogP) is 1.28. The SMILES string of the molecule is CC1(c2ccc(C=O)cc2)CCNC1=O. The molecule has 0 bridgehead atoms. The zero-order chi connectivity index (χ0) is 10.9. The van der Waals surface area contributed by atoms with Crippen LogP contribution in [0.1, 0.15) is 29.3 Å². The maximum Gasteiger partial charge on any atom is 0.230 e. The minimum Gasteiger partial charge on any atom is -0.355 e. The van der Waals surface area contributed by atoms with Gasteiger partial charge < -0.3 is 5.32 Å². The van der Waals surface area contributed by atoms with E-state index < -0.39 is 5.41 Å². The van der Waals surface area contributed by atoms with Gasteiger partial charge in [0.1, 0.15) is 6.29 Å². The van der Waals surface area contributed by atoms with E-state index in [0.29, 0.717) is 5.56 Å². The fourth-order valence-electron chi connectivity index (χ4n) is 1.94. The summed E-state index contributed by atoms with van der Waals surface area (Å²) in [6.45, 7) is 2.66. The van der Waals surface area contributed by atoms with Gasteiger partial charge in [-0.1, -0.05) is 24.3 Å². The number of carbonyl (C=O) groups is 2. The molecule has 0 aliphatic carbocycles. The van der Waals surface area contributed by atoms with Gasteiger partial charge >= 0.3 is 0 Å². The lowest BCUT2D eigenvalue weighted by Crippen LogP contribution is -2.32. The summed E-state index contributed by atoms with van der Waals surface area (Å²) < 4.78 is 0. The molecule has 3 heteroatoms. The molecule has 3 nitrogen and oxygen atoms in total. The first-order chi connectivity index (χ1) is 7.16. The number of aldehydes is 1. The Morgan fingerprint density at radius 1 is 1.33 bits per heavy atom. The summed E-state index contributed by atoms with van der Waals surface area (Å²) in [5, 5.41) is 2.83. The van der Waals surface area contributed by atoms with E-state index >= 15 is 0 Å². The third-order valence-electron chi connectivity index (χ3n) is 3.10. The van der Waals surface area contributed by atoms with Crippen molar-refractivity contribution in [3.63, 3.8) is 0 Å². The molecule has 1 atom stereocenters. The second kappa shape index (κ2) is 3.50. The van der Waals surface area contributed by atoms with Gasteiger partial charge in [0, 0.05) is 12.1 Å². The Balaban J connectivity index is 2.36. The summed E-state index contributed by atoms with van der Waals surface area (Å²) in [7, 11) is 0. The molecule has 1 aromatic carbocycles. The summed E-state index contributed by atoms with van der Waals surface area (Å²) in [4.78, 5) is 22.2. The second-order valence-corrected chi connectivity index (χ2v) is 4.08. The van der Waals surface area contributed by atoms with E-state index in [4.69, 9.17) is 0 Å². The van der Waals surface area contributed by atoms with Crippen molar-refractivity contribution in [2.45, 2.75) is 18.8 Å². The lowest BCUT2D eigenvalue weighted by atomic mass is 9.81. The van der Waals surface area contributed by atoms with Gasteiger partial charge in [0.25, 0.3) is 0 Å². The van der Waals surface area contributed by atoms with Crippen LogP contribution in [0.4, 0.5) is 0 Å². The monoisotopic (exact) mass is 203 g/mol. The quantitative estimate of drug-likeness (QED) is 0.736. The van der Waals surface area contributed by atoms with E-state index in [1.54, 1.807) is 12.1 Å². The molecule has 1 amide bonds. The van der Waals surface area contributed by atoms with Crippen LogP contribution in [-0.2, 0) is 10.2 Å². The molecule has 1 aliphatic rings. The third kappa shape index (κ3) is 1.54. The van der Waals surface area contributed by atoms with Crippen LogP contribution in [0.3, 0.4) is 0 Å². The van der Waals surface area contributed by atoms with Gasteiger partial charge in [-0.05, 0) is 18.9 Å². The Hall–Kier alpha value is -1.64. The molecule has 1 saturated heterocycles. The van der Waals surface area contributed by atoms with Crippen molar-refractivity contribution in [3.05, 3.63) is 35.4 Å². The van der Waals surface area contributed by atoms with E-state index in [0.717, 1.165) is 24.8 Å². The maximum absolute atomic E-state index is 11.7. The van der Waals surface area contributed by atoms with Crippen molar-refractivity contribution >= 4 is 12.2 Å². The van der Waals surface area contributed by atoms with E-state index in [2.05, 4.69) is 5.32 Å². The molecule has 1 aromatic rings. The van der Waals surface area contributed by atoms with E-state index in [1.165, 1.54) is 0 Å². The summed E-state index contributed by atoms with van der Waals surface area (Å²) in [6.07, 6.45) is 1.62. The first-order valence-electron chi connectivity index (χ1n) is 5.01. The van der Waals surface area contributed by atoms with Crippen molar-refractivity contribution in [1.29, 1.82) is 0 Å². The van der Waals surface area contributed by atoms with E-state index in [-0.39, 0.29) is 5.91 Å². The predicted molar refractivity (Wildman–Crippen MR) is 56.8 cm³/mol. The molecule has 15 heavy (non-hydrogen) atoms. The molecule has 2 rings (SSSR count). The van der Waals surface area contributed by atoms with E-state index in [9.17, 15) is 9.59 Å². The number of benzene rings is 1. The molecule has 1 heterocycles. The largest absolute Gasteiger partial charge is 0.355 e. The van der Waals surface area contributed by atoms with Gasteiger partial charge in [0.05, 0.1) is 5.41 Å². The fraction of sp³-hybridized carbons (Fsp3) is 0.333. The van der Waals surface area contributed by atoms with Crippen LogP contribution in [0.5, 0.6) is 0 Å². The minimum absolute atomic E-state index is 0.0707. The molecule has 0 aromatic heterocycles. The average Bonchev–Trinajstić information content (AvgIpc) is 2.61. The molecule has 0 spiro atoms. The standard InChI is InChI=1S/C12H13NO2/c1-12(6-7-13-11(12)15)10-4-2-9(8-14)3-5-10/h2-5,8H,6-7H2,1H3,(H,13,15). The Morgan fingerprint density at radius 2 is 2.00 bits per heavy atom. The highest BCUT2D eigenvalue weighted by Gasteiger charge is 2.38. The molecule has 0 saturated carbocycles. The van der Waals surface area contributed by atoms with Gasteiger partial charge in [-0.25, -0.2) is 0 Å². The van der Waals surface area contributed by atoms with Crippen LogP contribution < -0.4 is 5.32 Å². The number of rotatable bonds is 2. The molecule has 1 N–H and O–H groups in total. The number of hydrogen-bond acceptors (Lipinski definition) is 2. The fourth-order valence-corrected chi connectivity index (χ4v) is 1.94. The molecule has 78 valence electrons. The zero-order valence-corrected chi connectivity index (χ0v) is 8.62. The lowest BCUT2D eigenvalue weighted by molar-refractivity contribution is -0.123. The summed E-state index contributed by atoms with van der Waals surface area (Å²) >= 11 is 0. The van der Waals surface area contributed by atoms with Crippen LogP contribution in [0.25, 0.3) is 0 Å². The average molecular weight is 203 g/mol. The first-order valence-corrected chi connectivity index (χ1v) is 5.01. The van der Waals surface area contributed by atoms with Gasteiger partial charge in [-0.15, -0.1) is 0 Å². The van der Waals surface area contributed by atoms with Crippen molar-refractivity contribution in [1.82, 2.24) is 5.32 Å².